The summed E-state index contributed by atoms with van der Waals surface area (Å²) in [5, 5.41) is 0. The van der Waals surface area contributed by atoms with Crippen molar-refractivity contribution >= 4 is 11.8 Å². The average Bonchev–Trinajstić information content (AvgIpc) is 2.72. The van der Waals surface area contributed by atoms with Gasteiger partial charge in [-0.25, -0.2) is 0 Å². The number of benzene rings is 1. The number of likely N-dealkylation sites (tertiary alicyclic amines) is 1. The first-order valence-corrected chi connectivity index (χ1v) is 9.19. The van der Waals surface area contributed by atoms with Crippen molar-refractivity contribution in [2.75, 3.05) is 26.7 Å². The Labute approximate surface area is 154 Å². The second kappa shape index (κ2) is 8.61. The van der Waals surface area contributed by atoms with Crippen molar-refractivity contribution in [3.8, 4) is 0 Å². The molecule has 5 heteroatoms. The molecule has 0 spiro atoms. The number of nitrogens with zero attached hydrogens (tertiary/aromatic N) is 3. The molecule has 5 nitrogen and oxygen atoms in total. The monoisotopic (exact) mass is 351 g/mol. The van der Waals surface area contributed by atoms with Gasteiger partial charge in [-0.15, -0.1) is 0 Å². The lowest BCUT2D eigenvalue weighted by Gasteiger charge is -2.26. The quantitative estimate of drug-likeness (QED) is 0.832. The number of pyridine rings is 1. The number of likely N-dealkylation sites (N-methyl/N-ethyl adjacent to an activating group) is 1. The van der Waals surface area contributed by atoms with Crippen LogP contribution in [0.1, 0.15) is 45.5 Å². The maximum absolute atomic E-state index is 12.6. The maximum Gasteiger partial charge on any atom is 0.253 e. The molecule has 0 bridgehead atoms. The Kier molecular flexibility index (Phi) is 6.00. The standard InChI is InChI=1S/C21H25N3O2/c1-23(16-11-17-9-12-22-13-10-17)20(25)18-5-7-19(8-6-18)21(26)24-14-3-2-4-15-24/h5-10,12-13H,2-4,11,14-16H2,1H3. The number of carbonyl (C=O) groups excluding carboxylic acids is 2. The fourth-order valence-corrected chi connectivity index (χ4v) is 3.20. The van der Waals surface area contributed by atoms with Crippen LogP contribution in [0.3, 0.4) is 0 Å². The zero-order chi connectivity index (χ0) is 18.4. The number of rotatable bonds is 5. The summed E-state index contributed by atoms with van der Waals surface area (Å²) in [6.45, 7) is 2.30. The van der Waals surface area contributed by atoms with Gasteiger partial charge in [-0.2, -0.15) is 0 Å². The second-order valence-electron chi connectivity index (χ2n) is 6.76. The van der Waals surface area contributed by atoms with Gasteiger partial charge in [-0.3, -0.25) is 14.6 Å². The van der Waals surface area contributed by atoms with Gasteiger partial charge in [-0.05, 0) is 67.6 Å². The molecule has 2 heterocycles. The van der Waals surface area contributed by atoms with Gasteiger partial charge in [0.15, 0.2) is 0 Å². The van der Waals surface area contributed by atoms with Gasteiger partial charge >= 0.3 is 0 Å². The molecule has 0 radical (unpaired) electrons. The van der Waals surface area contributed by atoms with E-state index in [-0.39, 0.29) is 11.8 Å². The minimum absolute atomic E-state index is 0.0315. The van der Waals surface area contributed by atoms with Gasteiger partial charge in [0.25, 0.3) is 11.8 Å². The van der Waals surface area contributed by atoms with Crippen LogP contribution in [0.4, 0.5) is 0 Å². The Morgan fingerprint density at radius 1 is 0.962 bits per heavy atom. The van der Waals surface area contributed by atoms with Gasteiger partial charge in [0, 0.05) is 50.2 Å². The van der Waals surface area contributed by atoms with E-state index in [1.54, 1.807) is 48.6 Å². The molecular formula is C21H25N3O2. The van der Waals surface area contributed by atoms with Gasteiger partial charge in [0.05, 0.1) is 0 Å². The average molecular weight is 351 g/mol. The van der Waals surface area contributed by atoms with Crippen LogP contribution in [0.5, 0.6) is 0 Å². The van der Waals surface area contributed by atoms with E-state index >= 15 is 0 Å². The predicted octanol–water partition coefficient (Wildman–Crippen LogP) is 3.02. The van der Waals surface area contributed by atoms with Crippen molar-refractivity contribution in [3.05, 3.63) is 65.5 Å². The van der Waals surface area contributed by atoms with E-state index in [4.69, 9.17) is 0 Å². The van der Waals surface area contributed by atoms with Crippen LogP contribution in [0.25, 0.3) is 0 Å². The minimum atomic E-state index is -0.0315. The Balaban J connectivity index is 1.58. The highest BCUT2D eigenvalue weighted by atomic mass is 16.2. The summed E-state index contributed by atoms with van der Waals surface area (Å²) >= 11 is 0. The van der Waals surface area contributed by atoms with E-state index in [1.807, 2.05) is 17.0 Å². The lowest BCUT2D eigenvalue weighted by molar-refractivity contribution is 0.0722. The molecule has 1 aromatic heterocycles. The highest BCUT2D eigenvalue weighted by Crippen LogP contribution is 2.14. The molecule has 2 aromatic rings. The summed E-state index contributed by atoms with van der Waals surface area (Å²) in [7, 11) is 1.80. The van der Waals surface area contributed by atoms with Gasteiger partial charge < -0.3 is 9.80 Å². The molecule has 0 atom stereocenters. The van der Waals surface area contributed by atoms with E-state index in [0.29, 0.717) is 17.7 Å². The first-order chi connectivity index (χ1) is 12.6. The molecule has 2 amide bonds. The SMILES string of the molecule is CN(CCc1ccncc1)C(=O)c1ccc(C(=O)N2CCCCC2)cc1. The lowest BCUT2D eigenvalue weighted by Crippen LogP contribution is -2.35. The van der Waals surface area contributed by atoms with Crippen LogP contribution in [0.15, 0.2) is 48.8 Å². The Hall–Kier alpha value is -2.69. The zero-order valence-electron chi connectivity index (χ0n) is 15.2. The van der Waals surface area contributed by atoms with Crippen molar-refractivity contribution in [1.29, 1.82) is 0 Å². The smallest absolute Gasteiger partial charge is 0.253 e. The molecule has 1 fully saturated rings. The highest BCUT2D eigenvalue weighted by Gasteiger charge is 2.19. The number of hydrogen-bond donors (Lipinski definition) is 0. The number of carbonyl (C=O) groups is 2. The highest BCUT2D eigenvalue weighted by molar-refractivity contribution is 5.97. The van der Waals surface area contributed by atoms with E-state index < -0.39 is 0 Å². The van der Waals surface area contributed by atoms with Crippen molar-refractivity contribution in [3.63, 3.8) is 0 Å². The first-order valence-electron chi connectivity index (χ1n) is 9.19. The molecule has 3 rings (SSSR count). The zero-order valence-corrected chi connectivity index (χ0v) is 15.2. The number of piperidine rings is 1. The van der Waals surface area contributed by atoms with Crippen molar-refractivity contribution in [2.45, 2.75) is 25.7 Å². The number of aromatic nitrogens is 1. The van der Waals surface area contributed by atoms with Crippen molar-refractivity contribution in [2.24, 2.45) is 0 Å². The van der Waals surface area contributed by atoms with Crippen LogP contribution in [0.2, 0.25) is 0 Å². The van der Waals surface area contributed by atoms with E-state index in [9.17, 15) is 9.59 Å². The molecule has 0 unspecified atom stereocenters. The fourth-order valence-electron chi connectivity index (χ4n) is 3.20. The van der Waals surface area contributed by atoms with Crippen molar-refractivity contribution < 1.29 is 9.59 Å². The van der Waals surface area contributed by atoms with Crippen molar-refractivity contribution in [1.82, 2.24) is 14.8 Å². The Morgan fingerprint density at radius 3 is 2.23 bits per heavy atom. The molecule has 1 saturated heterocycles. The van der Waals surface area contributed by atoms with Gasteiger partial charge in [0.2, 0.25) is 0 Å². The number of amides is 2. The summed E-state index contributed by atoms with van der Waals surface area (Å²) in [4.78, 5) is 32.7. The third kappa shape index (κ3) is 4.48. The summed E-state index contributed by atoms with van der Waals surface area (Å²) < 4.78 is 0. The second-order valence-corrected chi connectivity index (χ2v) is 6.76. The molecule has 0 aliphatic carbocycles. The predicted molar refractivity (Wildman–Crippen MR) is 101 cm³/mol. The summed E-state index contributed by atoms with van der Waals surface area (Å²) in [5.41, 5.74) is 2.42. The molecule has 1 aliphatic heterocycles. The Morgan fingerprint density at radius 2 is 1.58 bits per heavy atom. The van der Waals surface area contributed by atoms with Crippen LogP contribution in [-0.2, 0) is 6.42 Å². The third-order valence-corrected chi connectivity index (χ3v) is 4.85. The largest absolute Gasteiger partial charge is 0.341 e. The number of hydrogen-bond acceptors (Lipinski definition) is 3. The molecular weight excluding hydrogens is 326 g/mol. The van der Waals surface area contributed by atoms with Gasteiger partial charge in [-0.1, -0.05) is 0 Å². The van der Waals surface area contributed by atoms with Crippen LogP contribution < -0.4 is 0 Å². The van der Waals surface area contributed by atoms with Crippen LogP contribution >= 0.6 is 0 Å². The maximum atomic E-state index is 12.6. The van der Waals surface area contributed by atoms with E-state index in [0.717, 1.165) is 37.9 Å². The lowest BCUT2D eigenvalue weighted by atomic mass is 10.1. The molecule has 1 aromatic carbocycles. The topological polar surface area (TPSA) is 53.5 Å². The fraction of sp³-hybridized carbons (Fsp3) is 0.381. The molecule has 1 aliphatic rings. The van der Waals surface area contributed by atoms with Crippen LogP contribution in [-0.4, -0.2) is 53.3 Å². The minimum Gasteiger partial charge on any atom is -0.341 e. The third-order valence-electron chi connectivity index (χ3n) is 4.85. The van der Waals surface area contributed by atoms with Gasteiger partial charge in [0.1, 0.15) is 0 Å². The van der Waals surface area contributed by atoms with Crippen LogP contribution in [0, 0.1) is 0 Å². The summed E-state index contributed by atoms with van der Waals surface area (Å²) in [6, 6.07) is 10.9. The van der Waals surface area contributed by atoms with E-state index in [2.05, 4.69) is 4.98 Å². The summed E-state index contributed by atoms with van der Waals surface area (Å²) in [5.74, 6) is 0.0331. The molecule has 0 saturated carbocycles. The first kappa shape index (κ1) is 18.1. The molecule has 0 N–H and O–H groups in total. The molecule has 26 heavy (non-hydrogen) atoms. The summed E-state index contributed by atoms with van der Waals surface area (Å²) in [6.07, 6.45) is 7.65. The Bertz CT molecular complexity index is 738. The van der Waals surface area contributed by atoms with E-state index in [1.165, 1.54) is 6.42 Å². The normalized spacial score (nSPS) is 14.1. The molecule has 136 valence electrons.